The van der Waals surface area contributed by atoms with Gasteiger partial charge in [0.25, 0.3) is 0 Å². The van der Waals surface area contributed by atoms with Gasteiger partial charge in [-0.15, -0.1) is 0 Å². The minimum absolute atomic E-state index is 0.509. The highest BCUT2D eigenvalue weighted by atomic mass is 16.5. The van der Waals surface area contributed by atoms with Crippen LogP contribution >= 0.6 is 0 Å². The van der Waals surface area contributed by atoms with Crippen LogP contribution < -0.4 is 15.8 Å². The molecule has 4 nitrogen and oxygen atoms in total. The molecule has 0 saturated heterocycles. The molecule has 0 amide bonds. The predicted octanol–water partition coefficient (Wildman–Crippen LogP) is 3.47. The summed E-state index contributed by atoms with van der Waals surface area (Å²) in [6.07, 6.45) is 2.25. The van der Waals surface area contributed by atoms with Crippen molar-refractivity contribution in [3.63, 3.8) is 0 Å². The third kappa shape index (κ3) is 6.43. The van der Waals surface area contributed by atoms with Crippen LogP contribution in [0.1, 0.15) is 30.9 Å². The largest absolute Gasteiger partial charge is 0.489 e. The average Bonchev–Trinajstić information content (AvgIpc) is 2.60. The van der Waals surface area contributed by atoms with E-state index in [9.17, 15) is 0 Å². The number of nitrogens with two attached hydrogens (primary N) is 1. The van der Waals surface area contributed by atoms with Crippen LogP contribution in [0.25, 0.3) is 0 Å². The highest BCUT2D eigenvalue weighted by Crippen LogP contribution is 2.12. The number of guanidine groups is 1. The second-order valence-electron chi connectivity index (χ2n) is 5.40. The average molecular weight is 311 g/mol. The van der Waals surface area contributed by atoms with E-state index in [0.29, 0.717) is 19.1 Å². The maximum absolute atomic E-state index is 5.82. The molecule has 0 aromatic heterocycles. The van der Waals surface area contributed by atoms with E-state index in [4.69, 9.17) is 10.5 Å². The smallest absolute Gasteiger partial charge is 0.188 e. The van der Waals surface area contributed by atoms with Crippen molar-refractivity contribution < 1.29 is 4.74 Å². The summed E-state index contributed by atoms with van der Waals surface area (Å²) in [5.74, 6) is 1.39. The molecule has 3 N–H and O–H groups in total. The predicted molar refractivity (Wildman–Crippen MR) is 95.5 cm³/mol. The van der Waals surface area contributed by atoms with E-state index in [2.05, 4.69) is 41.5 Å². The van der Waals surface area contributed by atoms with Crippen molar-refractivity contribution in [2.75, 3.05) is 6.54 Å². The van der Waals surface area contributed by atoms with E-state index in [1.165, 1.54) is 0 Å². The Bertz CT molecular complexity index is 594. The fraction of sp³-hybridized carbons (Fsp3) is 0.316. The Labute approximate surface area is 138 Å². The first kappa shape index (κ1) is 16.9. The molecule has 0 aliphatic rings. The number of benzene rings is 2. The van der Waals surface area contributed by atoms with Gasteiger partial charge >= 0.3 is 0 Å². The number of unbranched alkanes of at least 4 members (excludes halogenated alkanes) is 1. The van der Waals surface area contributed by atoms with Gasteiger partial charge in [-0.3, -0.25) is 0 Å². The lowest BCUT2D eigenvalue weighted by molar-refractivity contribution is 0.306. The molecule has 0 fully saturated rings. The Morgan fingerprint density at radius 3 is 2.43 bits per heavy atom. The number of nitrogens with zero attached hydrogens (tertiary/aromatic N) is 1. The van der Waals surface area contributed by atoms with Gasteiger partial charge in [0.05, 0.1) is 6.54 Å². The highest BCUT2D eigenvalue weighted by Gasteiger charge is 1.97. The van der Waals surface area contributed by atoms with Crippen molar-refractivity contribution in [2.24, 2.45) is 10.7 Å². The fourth-order valence-electron chi connectivity index (χ4n) is 2.05. The van der Waals surface area contributed by atoms with Crippen molar-refractivity contribution in [1.29, 1.82) is 0 Å². The Hall–Kier alpha value is -2.49. The summed E-state index contributed by atoms with van der Waals surface area (Å²) in [6.45, 7) is 4.18. The zero-order chi connectivity index (χ0) is 16.3. The van der Waals surface area contributed by atoms with E-state index in [0.717, 1.165) is 36.3 Å². The van der Waals surface area contributed by atoms with Gasteiger partial charge in [-0.25, -0.2) is 4.99 Å². The molecule has 4 heteroatoms. The molecular formula is C19H25N3O. The van der Waals surface area contributed by atoms with Crippen LogP contribution in [-0.4, -0.2) is 12.5 Å². The third-order valence-corrected chi connectivity index (χ3v) is 3.44. The lowest BCUT2D eigenvalue weighted by atomic mass is 10.1. The summed E-state index contributed by atoms with van der Waals surface area (Å²) in [7, 11) is 0. The maximum Gasteiger partial charge on any atom is 0.188 e. The van der Waals surface area contributed by atoms with Crippen LogP contribution in [0.5, 0.6) is 5.75 Å². The van der Waals surface area contributed by atoms with Crippen molar-refractivity contribution in [2.45, 2.75) is 32.9 Å². The molecule has 0 aliphatic heterocycles. The highest BCUT2D eigenvalue weighted by molar-refractivity contribution is 5.77. The molecule has 0 radical (unpaired) electrons. The van der Waals surface area contributed by atoms with Gasteiger partial charge in [0.1, 0.15) is 12.4 Å². The normalized spacial score (nSPS) is 11.3. The van der Waals surface area contributed by atoms with Gasteiger partial charge in [0.15, 0.2) is 5.96 Å². The molecular weight excluding hydrogens is 286 g/mol. The number of hydrogen-bond acceptors (Lipinski definition) is 2. The standard InChI is InChI=1S/C19H25N3O/c1-2-3-13-21-19(20)22-14-16-9-11-17(12-10-16)15-23-18-7-5-4-6-8-18/h4-12H,2-3,13-15H2,1H3,(H3,20,21,22). The van der Waals surface area contributed by atoms with Crippen molar-refractivity contribution >= 4 is 5.96 Å². The fourth-order valence-corrected chi connectivity index (χ4v) is 2.05. The van der Waals surface area contributed by atoms with Crippen LogP contribution in [0.4, 0.5) is 0 Å². The van der Waals surface area contributed by atoms with Gasteiger partial charge in [0.2, 0.25) is 0 Å². The Morgan fingerprint density at radius 1 is 1.04 bits per heavy atom. The van der Waals surface area contributed by atoms with Gasteiger partial charge < -0.3 is 15.8 Å². The van der Waals surface area contributed by atoms with Crippen LogP contribution in [0.3, 0.4) is 0 Å². The summed E-state index contributed by atoms with van der Waals surface area (Å²) in [5, 5.41) is 3.11. The lowest BCUT2D eigenvalue weighted by Crippen LogP contribution is -2.32. The molecule has 0 spiro atoms. The Kier molecular flexibility index (Phi) is 6.98. The van der Waals surface area contributed by atoms with Crippen molar-refractivity contribution in [3.8, 4) is 5.75 Å². The van der Waals surface area contributed by atoms with Gasteiger partial charge in [-0.05, 0) is 29.7 Å². The molecule has 0 unspecified atom stereocenters. The van der Waals surface area contributed by atoms with Crippen molar-refractivity contribution in [3.05, 3.63) is 65.7 Å². The second-order valence-corrected chi connectivity index (χ2v) is 5.40. The molecule has 0 bridgehead atoms. The quantitative estimate of drug-likeness (QED) is 0.446. The molecule has 2 aromatic rings. The van der Waals surface area contributed by atoms with E-state index < -0.39 is 0 Å². The summed E-state index contributed by atoms with van der Waals surface area (Å²) in [4.78, 5) is 4.34. The number of para-hydroxylation sites is 1. The SMILES string of the molecule is CCCCNC(N)=NCc1ccc(COc2ccccc2)cc1. The molecule has 0 aliphatic carbocycles. The minimum atomic E-state index is 0.509. The van der Waals surface area contributed by atoms with E-state index in [-0.39, 0.29) is 0 Å². The summed E-state index contributed by atoms with van der Waals surface area (Å²) < 4.78 is 5.73. The maximum atomic E-state index is 5.82. The molecule has 2 aromatic carbocycles. The van der Waals surface area contributed by atoms with Crippen LogP contribution in [0.15, 0.2) is 59.6 Å². The summed E-state index contributed by atoms with van der Waals surface area (Å²) in [6, 6.07) is 18.1. The molecule has 2 rings (SSSR count). The molecule has 0 heterocycles. The zero-order valence-corrected chi connectivity index (χ0v) is 13.7. The van der Waals surface area contributed by atoms with Gasteiger partial charge in [-0.2, -0.15) is 0 Å². The topological polar surface area (TPSA) is 59.6 Å². The molecule has 23 heavy (non-hydrogen) atoms. The number of ether oxygens (including phenoxy) is 1. The number of hydrogen-bond donors (Lipinski definition) is 2. The van der Waals surface area contributed by atoms with E-state index in [1.54, 1.807) is 0 Å². The lowest BCUT2D eigenvalue weighted by Gasteiger charge is -2.07. The van der Waals surface area contributed by atoms with Crippen molar-refractivity contribution in [1.82, 2.24) is 5.32 Å². The van der Waals surface area contributed by atoms with Gasteiger partial charge in [-0.1, -0.05) is 55.8 Å². The molecule has 0 atom stereocenters. The molecule has 0 saturated carbocycles. The van der Waals surface area contributed by atoms with E-state index >= 15 is 0 Å². The Balaban J connectivity index is 1.79. The Morgan fingerprint density at radius 2 is 1.74 bits per heavy atom. The third-order valence-electron chi connectivity index (χ3n) is 3.44. The van der Waals surface area contributed by atoms with Crippen LogP contribution in [0, 0.1) is 0 Å². The number of rotatable bonds is 8. The minimum Gasteiger partial charge on any atom is -0.489 e. The first-order valence-electron chi connectivity index (χ1n) is 8.07. The monoisotopic (exact) mass is 311 g/mol. The second kappa shape index (κ2) is 9.51. The molecule has 122 valence electrons. The van der Waals surface area contributed by atoms with E-state index in [1.807, 2.05) is 30.3 Å². The first-order chi connectivity index (χ1) is 11.3. The zero-order valence-electron chi connectivity index (χ0n) is 13.7. The summed E-state index contributed by atoms with van der Waals surface area (Å²) >= 11 is 0. The first-order valence-corrected chi connectivity index (χ1v) is 8.07. The number of nitrogens with one attached hydrogen (secondary N) is 1. The van der Waals surface area contributed by atoms with Crippen LogP contribution in [0.2, 0.25) is 0 Å². The van der Waals surface area contributed by atoms with Crippen LogP contribution in [-0.2, 0) is 13.2 Å². The number of aliphatic imine (C=N–C) groups is 1. The summed E-state index contributed by atoms with van der Waals surface area (Å²) in [5.41, 5.74) is 8.09. The van der Waals surface area contributed by atoms with Gasteiger partial charge in [0, 0.05) is 6.54 Å².